The second-order valence-corrected chi connectivity index (χ2v) is 4.13. The van der Waals surface area contributed by atoms with Crippen LogP contribution in [0.5, 0.6) is 11.5 Å². The summed E-state index contributed by atoms with van der Waals surface area (Å²) in [5.41, 5.74) is 6.43. The molecule has 19 heavy (non-hydrogen) atoms. The lowest BCUT2D eigenvalue weighted by atomic mass is 10.1. The Morgan fingerprint density at radius 3 is 2.95 bits per heavy atom. The number of fused-ring (bicyclic) bond motifs is 1. The lowest BCUT2D eigenvalue weighted by molar-refractivity contribution is 0.174. The molecule has 0 fully saturated rings. The molecule has 1 aliphatic rings. The number of ether oxygens (including phenoxy) is 2. The molecule has 0 bridgehead atoms. The van der Waals surface area contributed by atoms with Crippen molar-refractivity contribution in [3.05, 3.63) is 23.6 Å². The molecule has 0 saturated carbocycles. The summed E-state index contributed by atoms with van der Waals surface area (Å²) < 4.78 is 29.1. The summed E-state index contributed by atoms with van der Waals surface area (Å²) in [6, 6.07) is 3.24. The van der Waals surface area contributed by atoms with Crippen molar-refractivity contribution < 1.29 is 18.4 Å². The van der Waals surface area contributed by atoms with Crippen molar-refractivity contribution in [3.63, 3.8) is 0 Å². The highest BCUT2D eigenvalue weighted by Crippen LogP contribution is 2.43. The van der Waals surface area contributed by atoms with Gasteiger partial charge in [-0.1, -0.05) is 5.16 Å². The van der Waals surface area contributed by atoms with E-state index >= 15 is 0 Å². The number of rotatable bonds is 3. The van der Waals surface area contributed by atoms with Gasteiger partial charge in [-0.3, -0.25) is 0 Å². The Bertz CT molecular complexity index is 612. The molecule has 2 heterocycles. The number of aromatic nitrogens is 2. The van der Waals surface area contributed by atoms with E-state index < -0.39 is 6.17 Å². The topological polar surface area (TPSA) is 83.4 Å². The van der Waals surface area contributed by atoms with Crippen molar-refractivity contribution in [2.45, 2.75) is 19.6 Å². The molecule has 100 valence electrons. The van der Waals surface area contributed by atoms with E-state index in [0.717, 1.165) is 0 Å². The van der Waals surface area contributed by atoms with E-state index in [1.807, 2.05) is 0 Å². The van der Waals surface area contributed by atoms with E-state index in [1.165, 1.54) is 6.92 Å². The first-order valence-corrected chi connectivity index (χ1v) is 5.79. The van der Waals surface area contributed by atoms with Gasteiger partial charge in [0, 0.05) is 0 Å². The van der Waals surface area contributed by atoms with Crippen LogP contribution in [0.2, 0.25) is 0 Å². The van der Waals surface area contributed by atoms with Crippen LogP contribution in [0, 0.1) is 0 Å². The summed E-state index contributed by atoms with van der Waals surface area (Å²) in [4.78, 5) is 4.12. The third kappa shape index (κ3) is 2.01. The van der Waals surface area contributed by atoms with Crippen LogP contribution in [0.1, 0.15) is 24.5 Å². The van der Waals surface area contributed by atoms with Gasteiger partial charge in [-0.25, -0.2) is 4.39 Å². The van der Waals surface area contributed by atoms with Gasteiger partial charge in [-0.2, -0.15) is 4.98 Å². The zero-order chi connectivity index (χ0) is 13.4. The van der Waals surface area contributed by atoms with Gasteiger partial charge >= 0.3 is 0 Å². The predicted molar refractivity (Wildman–Crippen MR) is 63.3 cm³/mol. The summed E-state index contributed by atoms with van der Waals surface area (Å²) in [6.07, 6.45) is -1.13. The van der Waals surface area contributed by atoms with Gasteiger partial charge < -0.3 is 19.7 Å². The van der Waals surface area contributed by atoms with Crippen LogP contribution >= 0.6 is 0 Å². The zero-order valence-electron chi connectivity index (χ0n) is 10.2. The molecule has 0 amide bonds. The third-order valence-corrected chi connectivity index (χ3v) is 2.84. The fourth-order valence-electron chi connectivity index (χ4n) is 1.87. The molecule has 1 atom stereocenters. The first-order chi connectivity index (χ1) is 9.19. The molecule has 2 N–H and O–H groups in total. The fourth-order valence-corrected chi connectivity index (χ4v) is 1.87. The fraction of sp³-hybridized carbons (Fsp3) is 0.333. The predicted octanol–water partition coefficient (Wildman–Crippen LogP) is 1.95. The average Bonchev–Trinajstić information content (AvgIpc) is 3.06. The Morgan fingerprint density at radius 1 is 1.42 bits per heavy atom. The van der Waals surface area contributed by atoms with Gasteiger partial charge in [0.1, 0.15) is 6.17 Å². The lowest BCUT2D eigenvalue weighted by Gasteiger charge is -2.07. The molecule has 1 unspecified atom stereocenters. The lowest BCUT2D eigenvalue weighted by Crippen LogP contribution is -1.96. The molecule has 1 aromatic heterocycles. The number of hydrogen-bond acceptors (Lipinski definition) is 6. The molecule has 1 aromatic carbocycles. The summed E-state index contributed by atoms with van der Waals surface area (Å²) in [5, 5.41) is 3.81. The molecule has 7 heteroatoms. The Morgan fingerprint density at radius 2 is 2.26 bits per heavy atom. The van der Waals surface area contributed by atoms with Gasteiger partial charge in [0.25, 0.3) is 0 Å². The minimum atomic E-state index is -1.13. The third-order valence-electron chi connectivity index (χ3n) is 2.84. The Kier molecular flexibility index (Phi) is 2.83. The highest BCUT2D eigenvalue weighted by molar-refractivity contribution is 5.70. The largest absolute Gasteiger partial charge is 0.454 e. The maximum absolute atomic E-state index is 13.5. The van der Waals surface area contributed by atoms with Crippen LogP contribution in [0.25, 0.3) is 11.4 Å². The molecule has 2 aromatic rings. The van der Waals surface area contributed by atoms with Crippen LogP contribution in [0.15, 0.2) is 16.7 Å². The van der Waals surface area contributed by atoms with E-state index in [4.69, 9.17) is 19.7 Å². The molecule has 0 radical (unpaired) electrons. The number of nitrogens with zero attached hydrogens (tertiary/aromatic N) is 2. The van der Waals surface area contributed by atoms with Crippen molar-refractivity contribution in [2.75, 3.05) is 6.79 Å². The summed E-state index contributed by atoms with van der Waals surface area (Å²) in [6.45, 7) is 1.68. The molecular weight excluding hydrogens is 253 g/mol. The number of hydrogen-bond donors (Lipinski definition) is 1. The monoisotopic (exact) mass is 265 g/mol. The first-order valence-electron chi connectivity index (χ1n) is 5.79. The zero-order valence-corrected chi connectivity index (χ0v) is 10.2. The van der Waals surface area contributed by atoms with Crippen LogP contribution in [0.3, 0.4) is 0 Å². The second-order valence-electron chi connectivity index (χ2n) is 4.13. The normalized spacial score (nSPS) is 14.7. The standard InChI is InChI=1S/C12H12FN3O3/c1-6(13)7-2-8(11-9(3-7)17-5-18-11)12-15-10(4-14)19-16-12/h2-3,6H,4-5,14H2,1H3. The van der Waals surface area contributed by atoms with Crippen molar-refractivity contribution in [1.29, 1.82) is 0 Å². The molecule has 6 nitrogen and oxygen atoms in total. The summed E-state index contributed by atoms with van der Waals surface area (Å²) in [5.74, 6) is 1.59. The van der Waals surface area contributed by atoms with Crippen molar-refractivity contribution in [2.24, 2.45) is 5.73 Å². The maximum Gasteiger partial charge on any atom is 0.240 e. The number of alkyl halides is 1. The quantitative estimate of drug-likeness (QED) is 0.913. The minimum Gasteiger partial charge on any atom is -0.454 e. The van der Waals surface area contributed by atoms with E-state index in [1.54, 1.807) is 12.1 Å². The minimum absolute atomic E-state index is 0.0913. The highest BCUT2D eigenvalue weighted by Gasteiger charge is 2.24. The second kappa shape index (κ2) is 4.51. The first kappa shape index (κ1) is 11.9. The van der Waals surface area contributed by atoms with Crippen molar-refractivity contribution >= 4 is 0 Å². The van der Waals surface area contributed by atoms with Crippen molar-refractivity contribution in [1.82, 2.24) is 10.1 Å². The van der Waals surface area contributed by atoms with E-state index in [0.29, 0.717) is 34.3 Å². The van der Waals surface area contributed by atoms with Gasteiger partial charge in [0.15, 0.2) is 11.5 Å². The van der Waals surface area contributed by atoms with E-state index in [2.05, 4.69) is 10.1 Å². The van der Waals surface area contributed by atoms with Crippen molar-refractivity contribution in [3.8, 4) is 22.9 Å². The summed E-state index contributed by atoms with van der Waals surface area (Å²) >= 11 is 0. The van der Waals surface area contributed by atoms with Crippen LogP contribution < -0.4 is 15.2 Å². The molecule has 0 aliphatic carbocycles. The van der Waals surface area contributed by atoms with Gasteiger partial charge in [-0.15, -0.1) is 0 Å². The SMILES string of the molecule is CC(F)c1cc2c(c(-c3noc(CN)n3)c1)OCO2. The number of nitrogens with two attached hydrogens (primary N) is 1. The molecular formula is C12H12FN3O3. The molecule has 0 spiro atoms. The van der Waals surface area contributed by atoms with Gasteiger partial charge in [0.05, 0.1) is 12.1 Å². The van der Waals surface area contributed by atoms with Gasteiger partial charge in [0.2, 0.25) is 18.5 Å². The molecule has 1 aliphatic heterocycles. The number of benzene rings is 1. The Labute approximate surface area is 108 Å². The summed E-state index contributed by atoms with van der Waals surface area (Å²) in [7, 11) is 0. The Balaban J connectivity index is 2.13. The highest BCUT2D eigenvalue weighted by atomic mass is 19.1. The number of halogens is 1. The van der Waals surface area contributed by atoms with E-state index in [9.17, 15) is 4.39 Å². The molecule has 3 rings (SSSR count). The maximum atomic E-state index is 13.5. The van der Waals surface area contributed by atoms with E-state index in [-0.39, 0.29) is 13.3 Å². The van der Waals surface area contributed by atoms with Crippen LogP contribution in [-0.4, -0.2) is 16.9 Å². The molecule has 0 saturated heterocycles. The average molecular weight is 265 g/mol. The van der Waals surface area contributed by atoms with Crippen LogP contribution in [-0.2, 0) is 6.54 Å². The van der Waals surface area contributed by atoms with Crippen LogP contribution in [0.4, 0.5) is 4.39 Å². The smallest absolute Gasteiger partial charge is 0.240 e. The Hall–Kier alpha value is -2.15. The van der Waals surface area contributed by atoms with Gasteiger partial charge in [-0.05, 0) is 24.6 Å².